The van der Waals surface area contributed by atoms with Gasteiger partial charge in [-0.15, -0.1) is 0 Å². The van der Waals surface area contributed by atoms with Crippen LogP contribution in [0.3, 0.4) is 0 Å². The van der Waals surface area contributed by atoms with Crippen LogP contribution in [0.25, 0.3) is 0 Å². The van der Waals surface area contributed by atoms with Gasteiger partial charge in [0, 0.05) is 5.56 Å². The molecule has 88 valence electrons. The van der Waals surface area contributed by atoms with Crippen molar-refractivity contribution in [2.24, 2.45) is 0 Å². The highest BCUT2D eigenvalue weighted by atomic mass is 127. The van der Waals surface area contributed by atoms with E-state index in [1.807, 2.05) is 0 Å². The Kier molecular flexibility index (Phi) is 4.72. The highest BCUT2D eigenvalue weighted by Gasteiger charge is 2.19. The largest absolute Gasteiger partial charge is 0.524 e. The molecule has 1 aromatic carbocycles. The van der Waals surface area contributed by atoms with Crippen molar-refractivity contribution in [3.8, 4) is 5.75 Å². The molecule has 0 aliphatic heterocycles. The van der Waals surface area contributed by atoms with Crippen LogP contribution in [0.5, 0.6) is 5.75 Å². The van der Waals surface area contributed by atoms with Crippen molar-refractivity contribution < 1.29 is 26.7 Å². The van der Waals surface area contributed by atoms with Gasteiger partial charge in [0.1, 0.15) is 5.75 Å². The second-order valence-electron chi connectivity index (χ2n) is 2.82. The first-order valence-electron chi connectivity index (χ1n) is 4.07. The lowest BCUT2D eigenvalue weighted by Crippen LogP contribution is -2.03. The first-order valence-corrected chi connectivity index (χ1v) is 6.48. The van der Waals surface area contributed by atoms with E-state index in [4.69, 9.17) is 9.79 Å². The third kappa shape index (κ3) is 4.48. The minimum Gasteiger partial charge on any atom is -0.404 e. The predicted molar refractivity (Wildman–Crippen MR) is 62.9 cm³/mol. The van der Waals surface area contributed by atoms with Crippen molar-refractivity contribution in [2.45, 2.75) is 6.42 Å². The lowest BCUT2D eigenvalue weighted by Gasteiger charge is -2.10. The van der Waals surface area contributed by atoms with Gasteiger partial charge in [0.15, 0.2) is 23.0 Å². The molecule has 0 atom stereocenters. The number of hydrogen-bond donors (Lipinski definition) is 2. The van der Waals surface area contributed by atoms with E-state index < -0.39 is 13.8 Å². The molecule has 0 spiro atoms. The van der Waals surface area contributed by atoms with Crippen LogP contribution in [0.1, 0.15) is 5.56 Å². The average molecular weight is 358 g/mol. The number of carbonyl (C=O) groups excluding carboxylic acids is 1. The van der Waals surface area contributed by atoms with Crippen LogP contribution in [0.4, 0.5) is 0 Å². The Morgan fingerprint density at radius 2 is 2.00 bits per heavy atom. The second-order valence-corrected chi connectivity index (χ2v) is 4.42. The number of halogens is 1. The Morgan fingerprint density at radius 1 is 1.38 bits per heavy atom. The van der Waals surface area contributed by atoms with E-state index in [1.165, 1.54) is 35.1 Å². The normalized spacial score (nSPS) is 10.9. The first-order chi connectivity index (χ1) is 7.42. The molecule has 16 heavy (non-hydrogen) atoms. The fraction of sp³-hybridized carbons (Fsp3) is 0.125. The van der Waals surface area contributed by atoms with E-state index >= 15 is 0 Å². The maximum atomic E-state index is 11.0. The zero-order valence-electron chi connectivity index (χ0n) is 7.87. The molecule has 0 aliphatic rings. The van der Waals surface area contributed by atoms with E-state index in [1.54, 1.807) is 12.1 Å². The first kappa shape index (κ1) is 13.4. The zero-order chi connectivity index (χ0) is 12.2. The summed E-state index contributed by atoms with van der Waals surface area (Å²) in [6.07, 6.45) is -0.112. The summed E-state index contributed by atoms with van der Waals surface area (Å²) in [6, 6.07) is 6.07. The molecule has 6 nitrogen and oxygen atoms in total. The van der Waals surface area contributed by atoms with Crippen LogP contribution >= 0.6 is 30.8 Å². The van der Waals surface area contributed by atoms with E-state index in [0.717, 1.165) is 0 Å². The van der Waals surface area contributed by atoms with Gasteiger partial charge in [-0.3, -0.25) is 14.6 Å². The van der Waals surface area contributed by atoms with Crippen molar-refractivity contribution in [3.63, 3.8) is 0 Å². The quantitative estimate of drug-likeness (QED) is 0.627. The molecular formula is C8H8IO6P. The van der Waals surface area contributed by atoms with Crippen LogP contribution in [-0.2, 0) is 18.8 Å². The summed E-state index contributed by atoms with van der Waals surface area (Å²) in [7, 11) is -4.62. The summed E-state index contributed by atoms with van der Waals surface area (Å²) in [6.45, 7) is 0. The molecule has 0 aliphatic carbocycles. The van der Waals surface area contributed by atoms with Gasteiger partial charge in [-0.1, -0.05) is 18.2 Å². The minimum absolute atomic E-state index is 0.0300. The standard InChI is InChI=1S/C8H8IO6P/c9-14-8(10)5-6-3-1-2-4-7(6)15-16(11,12)13/h1-4H,5H2,(H2,11,12,13). The number of para-hydroxylation sites is 1. The molecular weight excluding hydrogens is 350 g/mol. The number of carbonyl (C=O) groups is 1. The third-order valence-electron chi connectivity index (χ3n) is 1.61. The Labute approximate surface area is 106 Å². The summed E-state index contributed by atoms with van der Waals surface area (Å²) in [5, 5.41) is 0. The van der Waals surface area contributed by atoms with Gasteiger partial charge in [-0.2, -0.15) is 0 Å². The Hall–Kier alpha value is -0.630. The average Bonchev–Trinajstić information content (AvgIpc) is 2.18. The number of phosphoric ester groups is 1. The maximum absolute atomic E-state index is 11.0. The van der Waals surface area contributed by atoms with Crippen LogP contribution in [0, 0.1) is 0 Å². The maximum Gasteiger partial charge on any atom is 0.524 e. The Morgan fingerprint density at radius 3 is 2.56 bits per heavy atom. The van der Waals surface area contributed by atoms with Crippen LogP contribution in [-0.4, -0.2) is 15.8 Å². The molecule has 1 rings (SSSR count). The van der Waals surface area contributed by atoms with Crippen LogP contribution in [0.2, 0.25) is 0 Å². The molecule has 1 aromatic rings. The molecule has 2 N–H and O–H groups in total. The van der Waals surface area contributed by atoms with Crippen LogP contribution < -0.4 is 4.52 Å². The van der Waals surface area contributed by atoms with Gasteiger partial charge < -0.3 is 7.59 Å². The Balaban J connectivity index is 2.92. The van der Waals surface area contributed by atoms with Gasteiger partial charge in [0.25, 0.3) is 0 Å². The van der Waals surface area contributed by atoms with Gasteiger partial charge in [-0.25, -0.2) is 4.57 Å². The number of benzene rings is 1. The number of phosphoric acid groups is 1. The summed E-state index contributed by atoms with van der Waals surface area (Å²) >= 11 is 1.44. The zero-order valence-corrected chi connectivity index (χ0v) is 10.9. The second kappa shape index (κ2) is 5.62. The van der Waals surface area contributed by atoms with Gasteiger partial charge in [0.05, 0.1) is 6.42 Å². The molecule has 0 radical (unpaired) electrons. The predicted octanol–water partition coefficient (Wildman–Crippen LogP) is 1.59. The molecule has 8 heteroatoms. The molecule has 0 unspecified atom stereocenters. The van der Waals surface area contributed by atoms with Gasteiger partial charge in [0.2, 0.25) is 0 Å². The van der Waals surface area contributed by atoms with E-state index in [-0.39, 0.29) is 12.2 Å². The van der Waals surface area contributed by atoms with Gasteiger partial charge >= 0.3 is 13.8 Å². The Bertz CT molecular complexity index is 428. The number of hydrogen-bond acceptors (Lipinski definition) is 4. The lowest BCUT2D eigenvalue weighted by atomic mass is 10.1. The summed E-state index contributed by atoms with van der Waals surface area (Å²) in [4.78, 5) is 28.3. The lowest BCUT2D eigenvalue weighted by molar-refractivity contribution is -0.130. The fourth-order valence-corrected chi connectivity index (χ4v) is 1.64. The summed E-state index contributed by atoms with van der Waals surface area (Å²) in [5.74, 6) is -0.556. The molecule has 0 fully saturated rings. The monoisotopic (exact) mass is 358 g/mol. The SMILES string of the molecule is O=C(Cc1ccccc1OP(=O)(O)O)OI. The molecule has 0 aromatic heterocycles. The topological polar surface area (TPSA) is 93.1 Å². The van der Waals surface area contributed by atoms with E-state index in [2.05, 4.69) is 7.59 Å². The number of rotatable bonds is 4. The smallest absolute Gasteiger partial charge is 0.404 e. The van der Waals surface area contributed by atoms with Crippen molar-refractivity contribution in [1.82, 2.24) is 0 Å². The fourth-order valence-electron chi connectivity index (χ4n) is 1.05. The van der Waals surface area contributed by atoms with Crippen molar-refractivity contribution in [3.05, 3.63) is 29.8 Å². The van der Waals surface area contributed by atoms with Crippen LogP contribution in [0.15, 0.2) is 24.3 Å². The highest BCUT2D eigenvalue weighted by molar-refractivity contribution is 14.1. The summed E-state index contributed by atoms with van der Waals surface area (Å²) < 4.78 is 19.5. The minimum atomic E-state index is -4.62. The molecule has 0 saturated heterocycles. The van der Waals surface area contributed by atoms with Crippen molar-refractivity contribution in [2.75, 3.05) is 0 Å². The van der Waals surface area contributed by atoms with Gasteiger partial charge in [-0.05, 0) is 6.07 Å². The van der Waals surface area contributed by atoms with E-state index in [0.29, 0.717) is 5.56 Å². The molecule has 0 amide bonds. The molecule has 0 saturated carbocycles. The summed E-state index contributed by atoms with van der Waals surface area (Å²) in [5.41, 5.74) is 0.354. The van der Waals surface area contributed by atoms with E-state index in [9.17, 15) is 9.36 Å². The van der Waals surface area contributed by atoms with Crippen molar-refractivity contribution >= 4 is 36.8 Å². The highest BCUT2D eigenvalue weighted by Crippen LogP contribution is 2.39. The molecule has 0 heterocycles. The molecule has 0 bridgehead atoms. The van der Waals surface area contributed by atoms with Crippen molar-refractivity contribution in [1.29, 1.82) is 0 Å². The third-order valence-corrected chi connectivity index (χ3v) is 2.54.